The monoisotopic (exact) mass is 347 g/mol. The van der Waals surface area contributed by atoms with Crippen molar-refractivity contribution in [2.75, 3.05) is 31.0 Å². The molecule has 1 aliphatic rings. The fourth-order valence-electron chi connectivity index (χ4n) is 2.36. The van der Waals surface area contributed by atoms with E-state index in [4.69, 9.17) is 4.74 Å². The summed E-state index contributed by atoms with van der Waals surface area (Å²) in [6.45, 7) is 2.13. The van der Waals surface area contributed by atoms with Gasteiger partial charge in [0.15, 0.2) is 0 Å². The summed E-state index contributed by atoms with van der Waals surface area (Å²) < 4.78 is 32.3. The van der Waals surface area contributed by atoms with Crippen LogP contribution in [-0.4, -0.2) is 50.5 Å². The van der Waals surface area contributed by atoms with Gasteiger partial charge < -0.3 is 9.64 Å². The summed E-state index contributed by atoms with van der Waals surface area (Å²) >= 11 is 0. The average Bonchev–Trinajstić information content (AvgIpc) is 2.62. The molecule has 0 radical (unpaired) electrons. The van der Waals surface area contributed by atoms with E-state index in [1.165, 1.54) is 30.5 Å². The second-order valence-corrected chi connectivity index (χ2v) is 6.96. The minimum absolute atomic E-state index is 0.0879. The van der Waals surface area contributed by atoms with Crippen molar-refractivity contribution in [2.24, 2.45) is 0 Å². The van der Waals surface area contributed by atoms with E-state index in [1.807, 2.05) is 0 Å². The third kappa shape index (κ3) is 3.72. The zero-order chi connectivity index (χ0) is 17.0. The highest BCUT2D eigenvalue weighted by atomic mass is 32.2. The van der Waals surface area contributed by atoms with Crippen molar-refractivity contribution in [3.63, 3.8) is 0 Å². The largest absolute Gasteiger partial charge is 0.378 e. The average molecular weight is 347 g/mol. The number of aromatic nitrogens is 1. The first-order chi connectivity index (χ1) is 11.6. The van der Waals surface area contributed by atoms with Gasteiger partial charge in [-0.15, -0.1) is 0 Å². The van der Waals surface area contributed by atoms with E-state index in [-0.39, 0.29) is 10.8 Å². The van der Waals surface area contributed by atoms with Crippen molar-refractivity contribution >= 4 is 21.6 Å². The molecule has 24 heavy (non-hydrogen) atoms. The van der Waals surface area contributed by atoms with Crippen LogP contribution in [0.25, 0.3) is 0 Å². The highest BCUT2D eigenvalue weighted by Crippen LogP contribution is 2.16. The molecule has 7 nitrogen and oxygen atoms in total. The number of pyridine rings is 1. The normalized spacial score (nSPS) is 15.1. The number of hydrogen-bond acceptors (Lipinski definition) is 5. The molecule has 0 atom stereocenters. The van der Waals surface area contributed by atoms with Crippen molar-refractivity contribution < 1.29 is 17.9 Å². The summed E-state index contributed by atoms with van der Waals surface area (Å²) in [5, 5.41) is 0. The van der Waals surface area contributed by atoms with Crippen molar-refractivity contribution in [1.29, 1.82) is 0 Å². The maximum atomic E-state index is 12.3. The van der Waals surface area contributed by atoms with Crippen molar-refractivity contribution in [3.8, 4) is 0 Å². The van der Waals surface area contributed by atoms with Gasteiger partial charge in [-0.25, -0.2) is 8.42 Å². The minimum atomic E-state index is -3.72. The number of nitrogens with zero attached hydrogens (tertiary/aromatic N) is 2. The summed E-state index contributed by atoms with van der Waals surface area (Å²) in [6.07, 6.45) is 2.98. The van der Waals surface area contributed by atoms with Crippen LogP contribution in [0.4, 0.5) is 5.69 Å². The van der Waals surface area contributed by atoms with Crippen molar-refractivity contribution in [1.82, 2.24) is 9.88 Å². The lowest BCUT2D eigenvalue weighted by Crippen LogP contribution is -2.40. The van der Waals surface area contributed by atoms with Crippen LogP contribution in [-0.2, 0) is 14.8 Å². The maximum absolute atomic E-state index is 12.3. The molecule has 3 rings (SSSR count). The van der Waals surface area contributed by atoms with Gasteiger partial charge in [-0.3, -0.25) is 14.5 Å². The van der Waals surface area contributed by atoms with Gasteiger partial charge in [-0.05, 0) is 36.4 Å². The topological polar surface area (TPSA) is 88.6 Å². The number of sulfonamides is 1. The van der Waals surface area contributed by atoms with Crippen LogP contribution in [0, 0.1) is 0 Å². The number of morpholine rings is 1. The van der Waals surface area contributed by atoms with Gasteiger partial charge in [-0.2, -0.15) is 0 Å². The van der Waals surface area contributed by atoms with Crippen LogP contribution in [0.3, 0.4) is 0 Å². The highest BCUT2D eigenvalue weighted by molar-refractivity contribution is 7.92. The molecule has 2 aromatic rings. The van der Waals surface area contributed by atoms with Crippen molar-refractivity contribution in [3.05, 3.63) is 54.4 Å². The molecule has 1 fully saturated rings. The Morgan fingerprint density at radius 1 is 1.12 bits per heavy atom. The number of benzene rings is 1. The number of ether oxygens (including phenoxy) is 1. The lowest BCUT2D eigenvalue weighted by Gasteiger charge is -2.26. The van der Waals surface area contributed by atoms with E-state index in [1.54, 1.807) is 23.2 Å². The third-order valence-electron chi connectivity index (χ3n) is 3.62. The summed E-state index contributed by atoms with van der Waals surface area (Å²) in [4.78, 5) is 18.0. The van der Waals surface area contributed by atoms with Gasteiger partial charge in [0.2, 0.25) is 0 Å². The molecule has 0 spiro atoms. The number of rotatable bonds is 4. The zero-order valence-corrected chi connectivity index (χ0v) is 13.7. The molecule has 8 heteroatoms. The Hall–Kier alpha value is -2.45. The first-order valence-electron chi connectivity index (χ1n) is 7.46. The van der Waals surface area contributed by atoms with Crippen molar-refractivity contribution in [2.45, 2.75) is 4.90 Å². The van der Waals surface area contributed by atoms with E-state index >= 15 is 0 Å². The Balaban J connectivity index is 1.75. The maximum Gasteiger partial charge on any atom is 0.261 e. The second-order valence-electron chi connectivity index (χ2n) is 5.28. The number of anilines is 1. The second kappa shape index (κ2) is 6.98. The molecule has 0 unspecified atom stereocenters. The van der Waals surface area contributed by atoms with E-state index < -0.39 is 10.0 Å². The third-order valence-corrected chi connectivity index (χ3v) is 5.02. The van der Waals surface area contributed by atoms with E-state index in [9.17, 15) is 13.2 Å². The molecule has 0 aliphatic carbocycles. The molecule has 1 aromatic carbocycles. The lowest BCUT2D eigenvalue weighted by molar-refractivity contribution is 0.0303. The molecule has 0 saturated carbocycles. The fraction of sp³-hybridized carbons (Fsp3) is 0.250. The molecular weight excluding hydrogens is 330 g/mol. The van der Waals surface area contributed by atoms with Crippen LogP contribution in [0.5, 0.6) is 0 Å². The molecule has 2 heterocycles. The predicted molar refractivity (Wildman–Crippen MR) is 88.2 cm³/mol. The van der Waals surface area contributed by atoms with E-state index in [0.717, 1.165) is 0 Å². The molecule has 1 aromatic heterocycles. The smallest absolute Gasteiger partial charge is 0.261 e. The first-order valence-corrected chi connectivity index (χ1v) is 8.94. The summed E-state index contributed by atoms with van der Waals surface area (Å²) in [6, 6.07) is 9.15. The van der Waals surface area contributed by atoms with Gasteiger partial charge in [0.25, 0.3) is 15.9 Å². The zero-order valence-electron chi connectivity index (χ0n) is 12.9. The number of amides is 1. The van der Waals surface area contributed by atoms with Crippen LogP contribution < -0.4 is 4.72 Å². The van der Waals surface area contributed by atoms with E-state index in [0.29, 0.717) is 37.6 Å². The lowest BCUT2D eigenvalue weighted by atomic mass is 10.2. The van der Waals surface area contributed by atoms with E-state index in [2.05, 4.69) is 9.71 Å². The van der Waals surface area contributed by atoms with Crippen LogP contribution in [0.15, 0.2) is 53.7 Å². The van der Waals surface area contributed by atoms with Crippen LogP contribution in [0.2, 0.25) is 0 Å². The molecule has 126 valence electrons. The number of nitrogens with one attached hydrogen (secondary N) is 1. The molecule has 1 N–H and O–H groups in total. The van der Waals surface area contributed by atoms with Gasteiger partial charge in [0, 0.05) is 24.8 Å². The number of hydrogen-bond donors (Lipinski definition) is 1. The quantitative estimate of drug-likeness (QED) is 0.902. The standard InChI is InChI=1S/C16H17N3O4S/c20-16(19-8-10-23-11-9-19)13-3-5-15(6-4-13)24(21,22)18-14-2-1-7-17-12-14/h1-7,12,18H,8-11H2. The highest BCUT2D eigenvalue weighted by Gasteiger charge is 2.20. The summed E-state index contributed by atoms with van der Waals surface area (Å²) in [7, 11) is -3.72. The van der Waals surface area contributed by atoms with Crippen LogP contribution in [0.1, 0.15) is 10.4 Å². The molecule has 1 amide bonds. The molecular formula is C16H17N3O4S. The van der Waals surface area contributed by atoms with Gasteiger partial charge in [-0.1, -0.05) is 0 Å². The first kappa shape index (κ1) is 16.4. The Bertz CT molecular complexity index is 801. The van der Waals surface area contributed by atoms with Gasteiger partial charge in [0.1, 0.15) is 0 Å². The molecule has 1 saturated heterocycles. The molecule has 0 bridgehead atoms. The SMILES string of the molecule is O=C(c1ccc(S(=O)(=O)Nc2cccnc2)cc1)N1CCOCC1. The Morgan fingerprint density at radius 3 is 2.46 bits per heavy atom. The number of carbonyl (C=O) groups is 1. The Morgan fingerprint density at radius 2 is 1.83 bits per heavy atom. The van der Waals surface area contributed by atoms with Crippen LogP contribution >= 0.6 is 0 Å². The summed E-state index contributed by atoms with van der Waals surface area (Å²) in [5.41, 5.74) is 0.836. The Labute approximate surface area is 140 Å². The van der Waals surface area contributed by atoms with Gasteiger partial charge >= 0.3 is 0 Å². The summed E-state index contributed by atoms with van der Waals surface area (Å²) in [5.74, 6) is -0.123. The Kier molecular flexibility index (Phi) is 4.77. The van der Waals surface area contributed by atoms with Gasteiger partial charge in [0.05, 0.1) is 30.0 Å². The fourth-order valence-corrected chi connectivity index (χ4v) is 3.41. The molecule has 1 aliphatic heterocycles. The minimum Gasteiger partial charge on any atom is -0.378 e. The number of carbonyl (C=O) groups excluding carboxylic acids is 1. The predicted octanol–water partition coefficient (Wildman–Crippen LogP) is 1.35.